The van der Waals surface area contributed by atoms with Gasteiger partial charge >= 0.3 is 0 Å². The topological polar surface area (TPSA) is 38.3 Å². The van der Waals surface area contributed by atoms with Crippen LogP contribution in [0.15, 0.2) is 36.4 Å². The lowest BCUT2D eigenvalue weighted by atomic mass is 10.0. The molecule has 0 aliphatic carbocycles. The zero-order chi connectivity index (χ0) is 16.8. The van der Waals surface area contributed by atoms with Crippen LogP contribution in [0.5, 0.6) is 5.75 Å². The molecule has 0 bridgehead atoms. The van der Waals surface area contributed by atoms with Crippen LogP contribution in [0.25, 0.3) is 0 Å². The number of rotatable bonds is 6. The molecule has 0 unspecified atom stereocenters. The van der Waals surface area contributed by atoms with E-state index in [0.717, 1.165) is 29.8 Å². The van der Waals surface area contributed by atoms with Gasteiger partial charge in [0.2, 0.25) is 5.91 Å². The van der Waals surface area contributed by atoms with Gasteiger partial charge in [-0.3, -0.25) is 4.79 Å². The van der Waals surface area contributed by atoms with E-state index >= 15 is 0 Å². The van der Waals surface area contributed by atoms with Gasteiger partial charge in [0, 0.05) is 12.1 Å². The van der Waals surface area contributed by atoms with E-state index in [1.54, 1.807) is 7.11 Å². The summed E-state index contributed by atoms with van der Waals surface area (Å²) >= 11 is 0. The van der Waals surface area contributed by atoms with Gasteiger partial charge in [-0.2, -0.15) is 0 Å². The molecule has 0 aliphatic heterocycles. The Hall–Kier alpha value is -2.29. The van der Waals surface area contributed by atoms with Crippen molar-refractivity contribution in [2.24, 2.45) is 0 Å². The highest BCUT2D eigenvalue weighted by atomic mass is 16.5. The quantitative estimate of drug-likeness (QED) is 0.848. The average molecular weight is 311 g/mol. The molecule has 1 N–H and O–H groups in total. The van der Waals surface area contributed by atoms with Gasteiger partial charge < -0.3 is 10.1 Å². The Kier molecular flexibility index (Phi) is 5.80. The average Bonchev–Trinajstić information content (AvgIpc) is 2.51. The Balaban J connectivity index is 1.85. The maximum absolute atomic E-state index is 12.1. The lowest BCUT2D eigenvalue weighted by molar-refractivity contribution is -0.116. The minimum absolute atomic E-state index is 0.0723. The Labute approximate surface area is 138 Å². The van der Waals surface area contributed by atoms with Gasteiger partial charge in [-0.05, 0) is 68.5 Å². The van der Waals surface area contributed by atoms with Crippen molar-refractivity contribution in [3.63, 3.8) is 0 Å². The Bertz CT molecular complexity index is 692. The second-order valence-corrected chi connectivity index (χ2v) is 6.01. The molecule has 2 rings (SSSR count). The first-order valence-electron chi connectivity index (χ1n) is 8.00. The number of ether oxygens (including phenoxy) is 1. The zero-order valence-corrected chi connectivity index (χ0v) is 14.4. The first-order chi connectivity index (χ1) is 11.0. The number of benzene rings is 2. The van der Waals surface area contributed by atoms with Crippen molar-refractivity contribution in [1.29, 1.82) is 0 Å². The third kappa shape index (κ3) is 4.85. The summed E-state index contributed by atoms with van der Waals surface area (Å²) in [4.78, 5) is 12.1. The number of anilines is 1. The summed E-state index contributed by atoms with van der Waals surface area (Å²) in [7, 11) is 1.67. The zero-order valence-electron chi connectivity index (χ0n) is 14.4. The third-order valence-corrected chi connectivity index (χ3v) is 4.06. The predicted molar refractivity (Wildman–Crippen MR) is 95.2 cm³/mol. The molecule has 2 aromatic rings. The van der Waals surface area contributed by atoms with Crippen LogP contribution in [-0.4, -0.2) is 13.0 Å². The van der Waals surface area contributed by atoms with Gasteiger partial charge in [-0.15, -0.1) is 0 Å². The summed E-state index contributed by atoms with van der Waals surface area (Å²) in [6.07, 6.45) is 2.26. The monoisotopic (exact) mass is 311 g/mol. The number of carbonyl (C=O) groups is 1. The van der Waals surface area contributed by atoms with E-state index in [1.807, 2.05) is 31.2 Å². The molecule has 1 amide bonds. The van der Waals surface area contributed by atoms with Gasteiger partial charge in [0.1, 0.15) is 5.75 Å². The Morgan fingerprint density at radius 3 is 2.48 bits per heavy atom. The van der Waals surface area contributed by atoms with E-state index in [9.17, 15) is 4.79 Å². The molecule has 3 heteroatoms. The lowest BCUT2D eigenvalue weighted by Crippen LogP contribution is -2.12. The smallest absolute Gasteiger partial charge is 0.224 e. The van der Waals surface area contributed by atoms with Gasteiger partial charge in [0.25, 0.3) is 0 Å². The second-order valence-electron chi connectivity index (χ2n) is 6.01. The third-order valence-electron chi connectivity index (χ3n) is 4.06. The van der Waals surface area contributed by atoms with Crippen LogP contribution in [0.3, 0.4) is 0 Å². The number of hydrogen-bond acceptors (Lipinski definition) is 2. The van der Waals surface area contributed by atoms with E-state index in [4.69, 9.17) is 4.74 Å². The summed E-state index contributed by atoms with van der Waals surface area (Å²) < 4.78 is 5.21. The van der Waals surface area contributed by atoms with Crippen molar-refractivity contribution in [3.05, 3.63) is 58.7 Å². The van der Waals surface area contributed by atoms with Crippen LogP contribution in [0.1, 0.15) is 35.1 Å². The molecule has 0 radical (unpaired) electrons. The number of nitrogens with one attached hydrogen (secondary N) is 1. The first-order valence-corrected chi connectivity index (χ1v) is 8.00. The molecule has 0 aromatic heterocycles. The molecule has 0 saturated carbocycles. The highest BCUT2D eigenvalue weighted by Gasteiger charge is 2.06. The van der Waals surface area contributed by atoms with Crippen molar-refractivity contribution in [2.75, 3.05) is 12.4 Å². The van der Waals surface area contributed by atoms with Crippen LogP contribution < -0.4 is 10.1 Å². The normalized spacial score (nSPS) is 10.4. The summed E-state index contributed by atoms with van der Waals surface area (Å²) in [5, 5.41) is 3.00. The van der Waals surface area contributed by atoms with Gasteiger partial charge in [0.15, 0.2) is 0 Å². The van der Waals surface area contributed by atoms with Crippen LogP contribution in [0, 0.1) is 20.8 Å². The molecule has 0 spiro atoms. The maximum Gasteiger partial charge on any atom is 0.224 e. The van der Waals surface area contributed by atoms with E-state index < -0.39 is 0 Å². The number of hydrogen-bond donors (Lipinski definition) is 1. The minimum Gasteiger partial charge on any atom is -0.497 e. The molecule has 0 saturated heterocycles. The maximum atomic E-state index is 12.1. The molecule has 23 heavy (non-hydrogen) atoms. The standard InChI is InChI=1S/C20H25NO2/c1-14-8-11-19(16(3)12-14)21-20(22)7-5-6-17-9-10-18(23-4)13-15(17)2/h8-13H,5-7H2,1-4H3,(H,21,22). The predicted octanol–water partition coefficient (Wildman–Crippen LogP) is 4.58. The molecule has 122 valence electrons. The van der Waals surface area contributed by atoms with Crippen molar-refractivity contribution in [3.8, 4) is 5.75 Å². The van der Waals surface area contributed by atoms with Gasteiger partial charge in [0.05, 0.1) is 7.11 Å². The number of methoxy groups -OCH3 is 1. The summed E-state index contributed by atoms with van der Waals surface area (Å²) in [5.74, 6) is 0.946. The number of aryl methyl sites for hydroxylation is 4. The fourth-order valence-electron chi connectivity index (χ4n) is 2.68. The van der Waals surface area contributed by atoms with Gasteiger partial charge in [-0.25, -0.2) is 0 Å². The molecule has 3 nitrogen and oxygen atoms in total. The summed E-state index contributed by atoms with van der Waals surface area (Å²) in [6.45, 7) is 6.15. The minimum atomic E-state index is 0.0723. The van der Waals surface area contributed by atoms with Crippen LogP contribution >= 0.6 is 0 Å². The fraction of sp³-hybridized carbons (Fsp3) is 0.350. The number of carbonyl (C=O) groups excluding carboxylic acids is 1. The molecular formula is C20H25NO2. The Morgan fingerprint density at radius 2 is 1.83 bits per heavy atom. The van der Waals surface area contributed by atoms with Crippen LogP contribution in [-0.2, 0) is 11.2 Å². The fourth-order valence-corrected chi connectivity index (χ4v) is 2.68. The largest absolute Gasteiger partial charge is 0.497 e. The summed E-state index contributed by atoms with van der Waals surface area (Å²) in [6, 6.07) is 12.1. The van der Waals surface area contributed by atoms with Crippen molar-refractivity contribution in [1.82, 2.24) is 0 Å². The summed E-state index contributed by atoms with van der Waals surface area (Å²) in [5.41, 5.74) is 5.69. The van der Waals surface area contributed by atoms with Gasteiger partial charge in [-0.1, -0.05) is 23.8 Å². The van der Waals surface area contributed by atoms with E-state index in [0.29, 0.717) is 6.42 Å². The van der Waals surface area contributed by atoms with E-state index in [2.05, 4.69) is 31.3 Å². The molecular weight excluding hydrogens is 286 g/mol. The molecule has 0 heterocycles. The van der Waals surface area contributed by atoms with Crippen LogP contribution in [0.4, 0.5) is 5.69 Å². The highest BCUT2D eigenvalue weighted by Crippen LogP contribution is 2.19. The Morgan fingerprint density at radius 1 is 1.04 bits per heavy atom. The molecule has 0 atom stereocenters. The van der Waals surface area contributed by atoms with Crippen molar-refractivity contribution in [2.45, 2.75) is 40.0 Å². The molecule has 2 aromatic carbocycles. The first kappa shape index (κ1) is 17.1. The lowest BCUT2D eigenvalue weighted by Gasteiger charge is -2.10. The van der Waals surface area contributed by atoms with Crippen LogP contribution in [0.2, 0.25) is 0 Å². The SMILES string of the molecule is COc1ccc(CCCC(=O)Nc2ccc(C)cc2C)c(C)c1. The van der Waals surface area contributed by atoms with E-state index in [1.165, 1.54) is 16.7 Å². The van der Waals surface area contributed by atoms with Crippen molar-refractivity contribution < 1.29 is 9.53 Å². The van der Waals surface area contributed by atoms with Crippen molar-refractivity contribution >= 4 is 11.6 Å². The highest BCUT2D eigenvalue weighted by molar-refractivity contribution is 5.91. The number of amides is 1. The molecule has 0 fully saturated rings. The second kappa shape index (κ2) is 7.82. The van der Waals surface area contributed by atoms with E-state index in [-0.39, 0.29) is 5.91 Å². The molecule has 0 aliphatic rings.